The van der Waals surface area contributed by atoms with Crippen molar-refractivity contribution in [1.29, 1.82) is 0 Å². The molecule has 0 atom stereocenters. The summed E-state index contributed by atoms with van der Waals surface area (Å²) in [5.41, 5.74) is 0.870. The Morgan fingerprint density at radius 2 is 2.50 bits per heavy atom. The van der Waals surface area contributed by atoms with E-state index in [0.717, 1.165) is 6.42 Å². The molecule has 0 aliphatic rings. The first-order valence-electron chi connectivity index (χ1n) is 3.82. The molecule has 64 valence electrons. The fraction of sp³-hybridized carbons (Fsp3) is 0.375. The third kappa shape index (κ3) is 1.78. The normalized spacial score (nSPS) is 10.8. The van der Waals surface area contributed by atoms with Gasteiger partial charge in [-0.2, -0.15) is 0 Å². The molecule has 0 fully saturated rings. The second-order valence-corrected chi connectivity index (χ2v) is 2.39. The van der Waals surface area contributed by atoms with E-state index >= 15 is 0 Å². The Balaban J connectivity index is 3.13. The molecular weight excluding hydrogens is 154 g/mol. The first-order chi connectivity index (χ1) is 5.75. The van der Waals surface area contributed by atoms with Crippen LogP contribution < -0.4 is 5.56 Å². The summed E-state index contributed by atoms with van der Waals surface area (Å²) >= 11 is 0. The molecule has 0 saturated heterocycles. The van der Waals surface area contributed by atoms with Crippen molar-refractivity contribution >= 4 is 11.9 Å². The van der Waals surface area contributed by atoms with Crippen LogP contribution in [0.2, 0.25) is 0 Å². The highest BCUT2D eigenvalue weighted by atomic mass is 16.1. The number of aliphatic imine (C=N–C) groups is 1. The quantitative estimate of drug-likeness (QED) is 0.669. The number of nitrogens with zero attached hydrogens (tertiary/aromatic N) is 2. The molecule has 1 heterocycles. The van der Waals surface area contributed by atoms with Gasteiger partial charge in [-0.25, -0.2) is 4.98 Å². The molecule has 0 aliphatic carbocycles. The van der Waals surface area contributed by atoms with Crippen LogP contribution in [0.25, 0.3) is 0 Å². The lowest BCUT2D eigenvalue weighted by Crippen LogP contribution is -2.07. The van der Waals surface area contributed by atoms with Crippen LogP contribution in [0.4, 0.5) is 5.69 Å². The Morgan fingerprint density at radius 1 is 1.75 bits per heavy atom. The van der Waals surface area contributed by atoms with E-state index in [0.29, 0.717) is 11.4 Å². The minimum atomic E-state index is -0.188. The van der Waals surface area contributed by atoms with Gasteiger partial charge in [0.2, 0.25) is 0 Å². The topological polar surface area (TPSA) is 58.1 Å². The molecule has 4 nitrogen and oxygen atoms in total. The Morgan fingerprint density at radius 3 is 3.08 bits per heavy atom. The predicted molar refractivity (Wildman–Crippen MR) is 48.0 cm³/mol. The Labute approximate surface area is 70.4 Å². The van der Waals surface area contributed by atoms with Crippen molar-refractivity contribution in [2.24, 2.45) is 4.99 Å². The van der Waals surface area contributed by atoms with E-state index in [1.54, 1.807) is 13.1 Å². The van der Waals surface area contributed by atoms with Crippen LogP contribution in [0.3, 0.4) is 0 Å². The summed E-state index contributed by atoms with van der Waals surface area (Å²) in [6, 6.07) is 0. The zero-order valence-corrected chi connectivity index (χ0v) is 7.16. The second-order valence-electron chi connectivity index (χ2n) is 2.39. The van der Waals surface area contributed by atoms with Gasteiger partial charge in [0.25, 0.3) is 5.56 Å². The van der Waals surface area contributed by atoms with Crippen LogP contribution in [0.5, 0.6) is 0 Å². The fourth-order valence-electron chi connectivity index (χ4n) is 0.816. The van der Waals surface area contributed by atoms with Gasteiger partial charge >= 0.3 is 0 Å². The smallest absolute Gasteiger partial charge is 0.276 e. The number of nitrogens with one attached hydrogen (secondary N) is 1. The molecule has 4 heteroatoms. The molecule has 0 aliphatic heterocycles. The Hall–Kier alpha value is -1.45. The van der Waals surface area contributed by atoms with E-state index in [1.807, 2.05) is 6.92 Å². The van der Waals surface area contributed by atoms with Crippen LogP contribution >= 0.6 is 0 Å². The summed E-state index contributed by atoms with van der Waals surface area (Å²) in [4.78, 5) is 21.5. The van der Waals surface area contributed by atoms with Crippen LogP contribution in [0, 0.1) is 6.92 Å². The third-order valence-corrected chi connectivity index (χ3v) is 1.41. The van der Waals surface area contributed by atoms with Gasteiger partial charge in [-0.3, -0.25) is 9.79 Å². The number of aryl methyl sites for hydroxylation is 1. The minimum absolute atomic E-state index is 0.188. The SMILES string of the molecule is CCC=Nc1c(C)nc[nH]c1=O. The molecule has 0 saturated carbocycles. The van der Waals surface area contributed by atoms with Crippen molar-refractivity contribution in [3.8, 4) is 0 Å². The number of aromatic amines is 1. The van der Waals surface area contributed by atoms with Crippen LogP contribution in [0.1, 0.15) is 19.0 Å². The zero-order valence-electron chi connectivity index (χ0n) is 7.16. The Kier molecular flexibility index (Phi) is 2.74. The fourth-order valence-corrected chi connectivity index (χ4v) is 0.816. The summed E-state index contributed by atoms with van der Waals surface area (Å²) in [7, 11) is 0. The average Bonchev–Trinajstić information content (AvgIpc) is 2.04. The monoisotopic (exact) mass is 165 g/mol. The van der Waals surface area contributed by atoms with Crippen LogP contribution in [-0.2, 0) is 0 Å². The standard InChI is InChI=1S/C8H11N3O/c1-3-4-9-7-6(2)10-5-11-8(7)12/h4-5H,3H2,1-2H3,(H,10,11,12). The molecule has 1 aromatic rings. The molecule has 0 amide bonds. The van der Waals surface area contributed by atoms with Crippen molar-refractivity contribution in [1.82, 2.24) is 9.97 Å². The average molecular weight is 165 g/mol. The molecule has 0 aromatic carbocycles. The van der Waals surface area contributed by atoms with Crippen LogP contribution in [-0.4, -0.2) is 16.2 Å². The maximum atomic E-state index is 11.1. The highest BCUT2D eigenvalue weighted by Gasteiger charge is 1.99. The first kappa shape index (κ1) is 8.64. The lowest BCUT2D eigenvalue weighted by Gasteiger charge is -1.94. The largest absolute Gasteiger partial charge is 0.311 e. The molecular formula is C8H11N3O. The molecule has 1 N–H and O–H groups in total. The molecule has 0 radical (unpaired) electrons. The number of rotatable bonds is 2. The maximum Gasteiger partial charge on any atom is 0.276 e. The van der Waals surface area contributed by atoms with E-state index in [4.69, 9.17) is 0 Å². The van der Waals surface area contributed by atoms with Crippen molar-refractivity contribution < 1.29 is 0 Å². The van der Waals surface area contributed by atoms with Gasteiger partial charge in [0.15, 0.2) is 0 Å². The van der Waals surface area contributed by atoms with E-state index in [2.05, 4.69) is 15.0 Å². The second kappa shape index (κ2) is 3.80. The summed E-state index contributed by atoms with van der Waals surface area (Å²) < 4.78 is 0. The van der Waals surface area contributed by atoms with Crippen molar-refractivity contribution in [2.75, 3.05) is 0 Å². The van der Waals surface area contributed by atoms with E-state index in [-0.39, 0.29) is 5.56 Å². The minimum Gasteiger partial charge on any atom is -0.311 e. The lowest BCUT2D eigenvalue weighted by molar-refractivity contribution is 1.06. The van der Waals surface area contributed by atoms with E-state index in [9.17, 15) is 4.79 Å². The van der Waals surface area contributed by atoms with Gasteiger partial charge in [-0.15, -0.1) is 0 Å². The van der Waals surface area contributed by atoms with Gasteiger partial charge < -0.3 is 4.98 Å². The number of aromatic nitrogens is 2. The van der Waals surface area contributed by atoms with E-state index < -0.39 is 0 Å². The van der Waals surface area contributed by atoms with Crippen molar-refractivity contribution in [3.05, 3.63) is 22.4 Å². The molecule has 12 heavy (non-hydrogen) atoms. The number of H-pyrrole nitrogens is 1. The van der Waals surface area contributed by atoms with Crippen molar-refractivity contribution in [2.45, 2.75) is 20.3 Å². The van der Waals surface area contributed by atoms with Gasteiger partial charge in [-0.1, -0.05) is 6.92 Å². The summed E-state index contributed by atoms with van der Waals surface area (Å²) in [5.74, 6) is 0. The molecule has 0 unspecified atom stereocenters. The van der Waals surface area contributed by atoms with E-state index in [1.165, 1.54) is 6.33 Å². The van der Waals surface area contributed by atoms with Gasteiger partial charge in [0, 0.05) is 6.21 Å². The van der Waals surface area contributed by atoms with Gasteiger partial charge in [-0.05, 0) is 13.3 Å². The lowest BCUT2D eigenvalue weighted by atomic mass is 10.4. The Bertz CT molecular complexity index is 340. The maximum absolute atomic E-state index is 11.1. The summed E-state index contributed by atoms with van der Waals surface area (Å²) in [6.45, 7) is 3.72. The first-order valence-corrected chi connectivity index (χ1v) is 3.82. The van der Waals surface area contributed by atoms with Gasteiger partial charge in [0.05, 0.1) is 12.0 Å². The number of hydrogen-bond acceptors (Lipinski definition) is 3. The van der Waals surface area contributed by atoms with Crippen LogP contribution in [0.15, 0.2) is 16.1 Å². The molecule has 0 spiro atoms. The highest BCUT2D eigenvalue weighted by Crippen LogP contribution is 2.06. The zero-order chi connectivity index (χ0) is 8.97. The molecule has 1 rings (SSSR count). The third-order valence-electron chi connectivity index (χ3n) is 1.41. The number of hydrogen-bond donors (Lipinski definition) is 1. The predicted octanol–water partition coefficient (Wildman–Crippen LogP) is 1.19. The molecule has 1 aromatic heterocycles. The summed E-state index contributed by atoms with van der Waals surface area (Å²) in [6.07, 6.45) is 3.88. The summed E-state index contributed by atoms with van der Waals surface area (Å²) in [5, 5.41) is 0. The van der Waals surface area contributed by atoms with Crippen molar-refractivity contribution in [3.63, 3.8) is 0 Å². The molecule has 0 bridgehead atoms. The highest BCUT2D eigenvalue weighted by molar-refractivity contribution is 5.62. The van der Waals surface area contributed by atoms with Gasteiger partial charge in [0.1, 0.15) is 5.69 Å².